The monoisotopic (exact) mass is 343 g/mol. The Morgan fingerprint density at radius 3 is 2.00 bits per heavy atom. The van der Waals surface area contributed by atoms with Gasteiger partial charge in [0.25, 0.3) is 0 Å². The third-order valence-electron chi connectivity index (χ3n) is 3.75. The van der Waals surface area contributed by atoms with Crippen molar-refractivity contribution in [2.75, 3.05) is 0 Å². The first-order valence-corrected chi connectivity index (χ1v) is 8.48. The maximum Gasteiger partial charge on any atom is 0.225 e. The number of ether oxygens (including phenoxy) is 2. The third-order valence-corrected chi connectivity index (χ3v) is 3.75. The highest BCUT2D eigenvalue weighted by Crippen LogP contribution is 2.21. The van der Waals surface area contributed by atoms with E-state index in [0.29, 0.717) is 5.90 Å². The van der Waals surface area contributed by atoms with Crippen molar-refractivity contribution >= 4 is 11.6 Å². The summed E-state index contributed by atoms with van der Waals surface area (Å²) in [5.41, 5.74) is 2.74. The lowest BCUT2D eigenvalue weighted by molar-refractivity contribution is 0.473. The maximum absolute atomic E-state index is 6.03. The Bertz CT molecular complexity index is 900. The molecule has 0 spiro atoms. The summed E-state index contributed by atoms with van der Waals surface area (Å²) in [5, 5.41) is 0. The SMILES string of the molecule is CC(=C\Oc1ccccc1)/C(=N/c1ccccc1C)Oc1ccccc1. The minimum atomic E-state index is 0.501. The topological polar surface area (TPSA) is 30.8 Å². The molecule has 0 amide bonds. The Morgan fingerprint density at radius 2 is 1.35 bits per heavy atom. The average molecular weight is 343 g/mol. The van der Waals surface area contributed by atoms with E-state index in [1.54, 1.807) is 6.26 Å². The summed E-state index contributed by atoms with van der Waals surface area (Å²) in [7, 11) is 0. The van der Waals surface area contributed by atoms with Crippen LogP contribution in [-0.4, -0.2) is 5.90 Å². The van der Waals surface area contributed by atoms with Gasteiger partial charge in [-0.25, -0.2) is 4.99 Å². The molecule has 0 saturated carbocycles. The van der Waals surface area contributed by atoms with Gasteiger partial charge >= 0.3 is 0 Å². The molecule has 0 aliphatic carbocycles. The smallest absolute Gasteiger partial charge is 0.225 e. The van der Waals surface area contributed by atoms with Crippen LogP contribution >= 0.6 is 0 Å². The van der Waals surface area contributed by atoms with Crippen LogP contribution in [0, 0.1) is 6.92 Å². The number of aliphatic imine (C=N–C) groups is 1. The van der Waals surface area contributed by atoms with E-state index in [1.807, 2.05) is 98.8 Å². The summed E-state index contributed by atoms with van der Waals surface area (Å²) in [5.74, 6) is 2.00. The van der Waals surface area contributed by atoms with Crippen LogP contribution in [0.1, 0.15) is 12.5 Å². The summed E-state index contributed by atoms with van der Waals surface area (Å²) < 4.78 is 11.8. The molecule has 3 aromatic rings. The van der Waals surface area contributed by atoms with Gasteiger partial charge in [-0.2, -0.15) is 0 Å². The summed E-state index contributed by atoms with van der Waals surface area (Å²) in [6.07, 6.45) is 1.66. The molecule has 26 heavy (non-hydrogen) atoms. The van der Waals surface area contributed by atoms with Gasteiger partial charge in [-0.05, 0) is 49.7 Å². The van der Waals surface area contributed by atoms with Gasteiger partial charge in [-0.3, -0.25) is 0 Å². The molecule has 0 N–H and O–H groups in total. The molecule has 0 aromatic heterocycles. The van der Waals surface area contributed by atoms with E-state index >= 15 is 0 Å². The van der Waals surface area contributed by atoms with Crippen LogP contribution in [0.25, 0.3) is 0 Å². The van der Waals surface area contributed by atoms with Crippen LogP contribution in [-0.2, 0) is 0 Å². The molecule has 0 aliphatic heterocycles. The minimum absolute atomic E-state index is 0.501. The molecule has 0 saturated heterocycles. The number of rotatable bonds is 5. The van der Waals surface area contributed by atoms with Crippen molar-refractivity contribution in [1.29, 1.82) is 0 Å². The van der Waals surface area contributed by atoms with E-state index in [1.165, 1.54) is 0 Å². The predicted octanol–water partition coefficient (Wildman–Crippen LogP) is 6.09. The second-order valence-corrected chi connectivity index (χ2v) is 5.85. The van der Waals surface area contributed by atoms with Crippen molar-refractivity contribution in [3.63, 3.8) is 0 Å². The lowest BCUT2D eigenvalue weighted by Crippen LogP contribution is -2.11. The fraction of sp³-hybridized carbons (Fsp3) is 0.0870. The van der Waals surface area contributed by atoms with Gasteiger partial charge < -0.3 is 9.47 Å². The normalized spacial score (nSPS) is 11.9. The van der Waals surface area contributed by atoms with E-state index < -0.39 is 0 Å². The Labute approximate surface area is 154 Å². The van der Waals surface area contributed by atoms with Crippen molar-refractivity contribution in [3.05, 3.63) is 102 Å². The van der Waals surface area contributed by atoms with Crippen LogP contribution < -0.4 is 9.47 Å². The standard InChI is InChI=1S/C23H21NO2/c1-18-11-9-10-16-22(18)24-23(26-21-14-7-4-8-15-21)19(2)17-25-20-12-5-3-6-13-20/h3-17H,1-2H3/b19-17+,24-23-. The van der Waals surface area contributed by atoms with E-state index in [4.69, 9.17) is 14.5 Å². The van der Waals surface area contributed by atoms with E-state index in [9.17, 15) is 0 Å². The number of nitrogens with zero attached hydrogens (tertiary/aromatic N) is 1. The molecule has 130 valence electrons. The number of aryl methyl sites for hydroxylation is 1. The minimum Gasteiger partial charge on any atom is -0.465 e. The number of para-hydroxylation sites is 3. The van der Waals surface area contributed by atoms with Gasteiger partial charge in [-0.15, -0.1) is 0 Å². The second kappa shape index (κ2) is 8.67. The molecule has 0 unspecified atom stereocenters. The highest BCUT2D eigenvalue weighted by atomic mass is 16.5. The van der Waals surface area contributed by atoms with Crippen LogP contribution in [0.3, 0.4) is 0 Å². The Hall–Kier alpha value is -3.33. The fourth-order valence-corrected chi connectivity index (χ4v) is 2.30. The number of benzene rings is 3. The van der Waals surface area contributed by atoms with Crippen LogP contribution in [0.15, 0.2) is 102 Å². The fourth-order valence-electron chi connectivity index (χ4n) is 2.30. The average Bonchev–Trinajstić information content (AvgIpc) is 2.69. The van der Waals surface area contributed by atoms with Crippen molar-refractivity contribution < 1.29 is 9.47 Å². The molecule has 3 heteroatoms. The van der Waals surface area contributed by atoms with E-state index in [0.717, 1.165) is 28.3 Å². The van der Waals surface area contributed by atoms with E-state index in [-0.39, 0.29) is 0 Å². The van der Waals surface area contributed by atoms with Crippen molar-refractivity contribution in [3.8, 4) is 11.5 Å². The van der Waals surface area contributed by atoms with Crippen molar-refractivity contribution in [2.24, 2.45) is 4.99 Å². The zero-order chi connectivity index (χ0) is 18.2. The molecular formula is C23H21NO2. The molecule has 3 nitrogen and oxygen atoms in total. The Morgan fingerprint density at radius 1 is 0.769 bits per heavy atom. The zero-order valence-electron chi connectivity index (χ0n) is 14.9. The van der Waals surface area contributed by atoms with Crippen LogP contribution in [0.5, 0.6) is 11.5 Å². The Balaban J connectivity index is 1.90. The number of hydrogen-bond donors (Lipinski definition) is 0. The molecule has 0 bridgehead atoms. The van der Waals surface area contributed by atoms with Gasteiger partial charge in [0.1, 0.15) is 11.5 Å². The molecule has 0 heterocycles. The largest absolute Gasteiger partial charge is 0.465 e. The van der Waals surface area contributed by atoms with Gasteiger partial charge in [0, 0.05) is 5.57 Å². The first kappa shape index (κ1) is 17.5. The van der Waals surface area contributed by atoms with E-state index in [2.05, 4.69) is 0 Å². The lowest BCUT2D eigenvalue weighted by Gasteiger charge is -2.11. The summed E-state index contributed by atoms with van der Waals surface area (Å²) >= 11 is 0. The van der Waals surface area contributed by atoms with Gasteiger partial charge in [0.15, 0.2) is 0 Å². The summed E-state index contributed by atoms with van der Waals surface area (Å²) in [6.45, 7) is 3.95. The summed E-state index contributed by atoms with van der Waals surface area (Å²) in [4.78, 5) is 4.71. The first-order valence-electron chi connectivity index (χ1n) is 8.48. The van der Waals surface area contributed by atoms with Crippen molar-refractivity contribution in [1.82, 2.24) is 0 Å². The molecule has 3 aromatic carbocycles. The molecule has 0 radical (unpaired) electrons. The molecule has 0 atom stereocenters. The van der Waals surface area contributed by atoms with Gasteiger partial charge in [0.05, 0.1) is 11.9 Å². The summed E-state index contributed by atoms with van der Waals surface area (Å²) in [6, 6.07) is 27.2. The van der Waals surface area contributed by atoms with Gasteiger partial charge in [0.2, 0.25) is 5.90 Å². The predicted molar refractivity (Wildman–Crippen MR) is 106 cm³/mol. The molecule has 0 fully saturated rings. The Kier molecular flexibility index (Phi) is 5.84. The quantitative estimate of drug-likeness (QED) is 0.319. The molecule has 0 aliphatic rings. The zero-order valence-corrected chi connectivity index (χ0v) is 14.9. The lowest BCUT2D eigenvalue weighted by atomic mass is 10.2. The molecule has 3 rings (SSSR count). The highest BCUT2D eigenvalue weighted by Gasteiger charge is 2.08. The highest BCUT2D eigenvalue weighted by molar-refractivity contribution is 5.96. The van der Waals surface area contributed by atoms with Crippen LogP contribution in [0.4, 0.5) is 5.69 Å². The van der Waals surface area contributed by atoms with Crippen molar-refractivity contribution in [2.45, 2.75) is 13.8 Å². The molecular weight excluding hydrogens is 322 g/mol. The number of hydrogen-bond acceptors (Lipinski definition) is 3. The van der Waals surface area contributed by atoms with Crippen LogP contribution in [0.2, 0.25) is 0 Å². The maximum atomic E-state index is 6.03. The van der Waals surface area contributed by atoms with Gasteiger partial charge in [-0.1, -0.05) is 54.6 Å². The first-order chi connectivity index (χ1) is 12.7. The third kappa shape index (κ3) is 4.84. The second-order valence-electron chi connectivity index (χ2n) is 5.85.